The smallest absolute Gasteiger partial charge is 0.287 e. The van der Waals surface area contributed by atoms with Gasteiger partial charge < -0.3 is 9.84 Å². The number of hydrogen-bond acceptors (Lipinski definition) is 5. The van der Waals surface area contributed by atoms with E-state index in [9.17, 15) is 14.9 Å². The lowest BCUT2D eigenvalue weighted by Gasteiger charge is -2.03. The van der Waals surface area contributed by atoms with Gasteiger partial charge in [-0.25, -0.2) is 0 Å². The van der Waals surface area contributed by atoms with Gasteiger partial charge in [0.15, 0.2) is 5.76 Å². The second kappa shape index (κ2) is 5.70. The maximum Gasteiger partial charge on any atom is 0.287 e. The molecule has 2 aromatic rings. The van der Waals surface area contributed by atoms with Crippen molar-refractivity contribution in [1.82, 2.24) is 10.5 Å². The molecule has 0 aliphatic heterocycles. The molecule has 8 heteroatoms. The number of carbonyl (C=O) groups excluding carboxylic acids is 1. The summed E-state index contributed by atoms with van der Waals surface area (Å²) in [6, 6.07) is 5.48. The molecule has 0 saturated heterocycles. The van der Waals surface area contributed by atoms with Crippen molar-refractivity contribution >= 4 is 23.2 Å². The van der Waals surface area contributed by atoms with Crippen molar-refractivity contribution in [2.45, 2.75) is 13.5 Å². The van der Waals surface area contributed by atoms with Gasteiger partial charge in [0, 0.05) is 17.7 Å². The van der Waals surface area contributed by atoms with Gasteiger partial charge in [-0.15, -0.1) is 0 Å². The van der Waals surface area contributed by atoms with Gasteiger partial charge in [-0.2, -0.15) is 0 Å². The normalized spacial score (nSPS) is 10.3. The third kappa shape index (κ3) is 3.12. The van der Waals surface area contributed by atoms with Crippen molar-refractivity contribution in [3.8, 4) is 0 Å². The van der Waals surface area contributed by atoms with Crippen LogP contribution in [0.4, 0.5) is 5.69 Å². The first-order chi connectivity index (χ1) is 9.47. The zero-order chi connectivity index (χ0) is 14.7. The molecule has 0 saturated carbocycles. The average Bonchev–Trinajstić information content (AvgIpc) is 2.81. The number of nitro benzene ring substituents is 1. The lowest BCUT2D eigenvalue weighted by molar-refractivity contribution is -0.384. The van der Waals surface area contributed by atoms with Crippen molar-refractivity contribution in [2.24, 2.45) is 0 Å². The van der Waals surface area contributed by atoms with E-state index < -0.39 is 10.8 Å². The van der Waals surface area contributed by atoms with Crippen LogP contribution in [0.3, 0.4) is 0 Å². The van der Waals surface area contributed by atoms with Crippen molar-refractivity contribution in [1.29, 1.82) is 0 Å². The summed E-state index contributed by atoms with van der Waals surface area (Å²) in [6.45, 7) is 1.94. The number of nitrogens with zero attached hydrogens (tertiary/aromatic N) is 2. The molecule has 2 rings (SSSR count). The van der Waals surface area contributed by atoms with Crippen molar-refractivity contribution in [3.05, 3.63) is 56.4 Å². The van der Waals surface area contributed by atoms with E-state index in [1.165, 1.54) is 18.2 Å². The zero-order valence-electron chi connectivity index (χ0n) is 10.4. The molecule has 1 aromatic heterocycles. The molecule has 0 spiro atoms. The summed E-state index contributed by atoms with van der Waals surface area (Å²) < 4.78 is 4.94. The third-order valence-electron chi connectivity index (χ3n) is 2.51. The Bertz CT molecular complexity index is 668. The molecule has 0 aliphatic carbocycles. The number of nitrogens with one attached hydrogen (secondary N) is 1. The number of halogens is 1. The van der Waals surface area contributed by atoms with Gasteiger partial charge in [-0.1, -0.05) is 16.8 Å². The minimum Gasteiger partial charge on any atom is -0.359 e. The van der Waals surface area contributed by atoms with Gasteiger partial charge in [0.25, 0.3) is 11.6 Å². The van der Waals surface area contributed by atoms with Gasteiger partial charge in [-0.05, 0) is 19.1 Å². The second-order valence-corrected chi connectivity index (χ2v) is 4.45. The van der Waals surface area contributed by atoms with Gasteiger partial charge in [0.2, 0.25) is 0 Å². The number of nitro groups is 1. The van der Waals surface area contributed by atoms with E-state index in [4.69, 9.17) is 16.1 Å². The molecule has 7 nitrogen and oxygen atoms in total. The second-order valence-electron chi connectivity index (χ2n) is 4.04. The Morgan fingerprint density at radius 2 is 2.25 bits per heavy atom. The predicted molar refractivity (Wildman–Crippen MR) is 70.5 cm³/mol. The molecule has 0 fully saturated rings. The number of carbonyl (C=O) groups is 1. The maximum atomic E-state index is 11.9. The summed E-state index contributed by atoms with van der Waals surface area (Å²) in [5.41, 5.74) is 0.707. The number of aromatic nitrogens is 1. The molecule has 20 heavy (non-hydrogen) atoms. The highest BCUT2D eigenvalue weighted by atomic mass is 35.5. The highest BCUT2D eigenvalue weighted by Crippen LogP contribution is 2.24. The van der Waals surface area contributed by atoms with Crippen LogP contribution in [0.25, 0.3) is 0 Å². The SMILES string of the molecule is Cc1cc(CNC(=O)c2ccc([N+](=O)[O-])c(Cl)c2)on1. The predicted octanol–water partition coefficient (Wildman–Crippen LogP) is 2.47. The van der Waals surface area contributed by atoms with E-state index >= 15 is 0 Å². The molecule has 0 radical (unpaired) electrons. The summed E-state index contributed by atoms with van der Waals surface area (Å²) in [6.07, 6.45) is 0. The summed E-state index contributed by atoms with van der Waals surface area (Å²) in [4.78, 5) is 21.9. The molecule has 0 aliphatic rings. The summed E-state index contributed by atoms with van der Waals surface area (Å²) >= 11 is 5.74. The summed E-state index contributed by atoms with van der Waals surface area (Å²) in [5, 5.41) is 16.8. The minimum absolute atomic E-state index is 0.0850. The third-order valence-corrected chi connectivity index (χ3v) is 2.81. The Morgan fingerprint density at radius 3 is 2.80 bits per heavy atom. The Labute approximate surface area is 118 Å². The van der Waals surface area contributed by atoms with Crippen LogP contribution in [0.2, 0.25) is 5.02 Å². The highest BCUT2D eigenvalue weighted by Gasteiger charge is 2.15. The topological polar surface area (TPSA) is 98.3 Å². The van der Waals surface area contributed by atoms with Crippen LogP contribution in [0.15, 0.2) is 28.8 Å². The van der Waals surface area contributed by atoms with Gasteiger partial charge in [-0.3, -0.25) is 14.9 Å². The highest BCUT2D eigenvalue weighted by molar-refractivity contribution is 6.33. The number of aryl methyl sites for hydroxylation is 1. The number of rotatable bonds is 4. The van der Waals surface area contributed by atoms with Gasteiger partial charge in [0.05, 0.1) is 17.2 Å². The molecule has 1 N–H and O–H groups in total. The molecule has 0 bridgehead atoms. The van der Waals surface area contributed by atoms with Gasteiger partial charge >= 0.3 is 0 Å². The monoisotopic (exact) mass is 295 g/mol. The van der Waals surface area contributed by atoms with Crippen LogP contribution in [0.5, 0.6) is 0 Å². The molecule has 0 unspecified atom stereocenters. The van der Waals surface area contributed by atoms with E-state index in [1.807, 2.05) is 0 Å². The van der Waals surface area contributed by atoms with Crippen LogP contribution in [-0.4, -0.2) is 16.0 Å². The zero-order valence-corrected chi connectivity index (χ0v) is 11.2. The Kier molecular flexibility index (Phi) is 3.99. The fourth-order valence-electron chi connectivity index (χ4n) is 1.57. The number of benzene rings is 1. The Balaban J connectivity index is 2.06. The molecular weight excluding hydrogens is 286 g/mol. The largest absolute Gasteiger partial charge is 0.359 e. The molecule has 1 amide bonds. The first kappa shape index (κ1) is 14.0. The number of hydrogen-bond donors (Lipinski definition) is 1. The van der Waals surface area contributed by atoms with Gasteiger partial charge in [0.1, 0.15) is 5.02 Å². The van der Waals surface area contributed by atoms with Crippen LogP contribution >= 0.6 is 11.6 Å². The molecule has 1 heterocycles. The van der Waals surface area contributed by atoms with Crippen LogP contribution in [-0.2, 0) is 6.54 Å². The van der Waals surface area contributed by atoms with Crippen molar-refractivity contribution in [3.63, 3.8) is 0 Å². The maximum absolute atomic E-state index is 11.9. The van der Waals surface area contributed by atoms with E-state index in [1.54, 1.807) is 13.0 Å². The van der Waals surface area contributed by atoms with E-state index in [2.05, 4.69) is 10.5 Å². The molecule has 1 aromatic carbocycles. The van der Waals surface area contributed by atoms with E-state index in [-0.39, 0.29) is 22.8 Å². The van der Waals surface area contributed by atoms with Crippen molar-refractivity contribution < 1.29 is 14.2 Å². The fraction of sp³-hybridized carbons (Fsp3) is 0.167. The molecular formula is C12H10ClN3O4. The quantitative estimate of drug-likeness (QED) is 0.690. The van der Waals surface area contributed by atoms with Crippen LogP contribution < -0.4 is 5.32 Å². The van der Waals surface area contributed by atoms with E-state index in [0.29, 0.717) is 11.5 Å². The summed E-state index contributed by atoms with van der Waals surface area (Å²) in [5.74, 6) is 0.111. The molecule has 0 atom stereocenters. The van der Waals surface area contributed by atoms with E-state index in [0.717, 1.165) is 0 Å². The van der Waals surface area contributed by atoms with Crippen LogP contribution in [0.1, 0.15) is 21.8 Å². The summed E-state index contributed by atoms with van der Waals surface area (Å²) in [7, 11) is 0. The lowest BCUT2D eigenvalue weighted by atomic mass is 10.2. The van der Waals surface area contributed by atoms with Crippen LogP contribution in [0, 0.1) is 17.0 Å². The number of amides is 1. The first-order valence-electron chi connectivity index (χ1n) is 5.61. The average molecular weight is 296 g/mol. The first-order valence-corrected chi connectivity index (χ1v) is 5.99. The standard InChI is InChI=1S/C12H10ClN3O4/c1-7-4-9(20-15-7)6-14-12(17)8-2-3-11(16(18)19)10(13)5-8/h2-5H,6H2,1H3,(H,14,17). The Morgan fingerprint density at radius 1 is 1.50 bits per heavy atom. The van der Waals surface area contributed by atoms with Crippen molar-refractivity contribution in [2.75, 3.05) is 0 Å². The Hall–Kier alpha value is -2.41. The molecule has 104 valence electrons. The fourth-order valence-corrected chi connectivity index (χ4v) is 1.81. The minimum atomic E-state index is -0.610. The lowest BCUT2D eigenvalue weighted by Crippen LogP contribution is -2.22.